The van der Waals surface area contributed by atoms with Gasteiger partial charge in [-0.2, -0.15) is 0 Å². The Labute approximate surface area is 219 Å². The molecule has 2 saturated heterocycles. The third kappa shape index (κ3) is 5.55. The summed E-state index contributed by atoms with van der Waals surface area (Å²) in [4.78, 5) is 27.0. The summed E-state index contributed by atoms with van der Waals surface area (Å²) < 4.78 is 0. The van der Waals surface area contributed by atoms with Crippen molar-refractivity contribution in [2.45, 2.75) is 71.2 Å². The summed E-state index contributed by atoms with van der Waals surface area (Å²) in [6.07, 6.45) is 5.58. The minimum Gasteiger partial charge on any atom is -0.384 e. The molecule has 3 N–H and O–H groups in total. The van der Waals surface area contributed by atoms with E-state index >= 15 is 0 Å². The standard InChI is InChI=1S/C29H38N6O2/c1-18-10-19(2)12-23(11-18)32-28-31-15-22-16-34(17-25(22)33-28)24-7-9-35(20(3)13-24)27(36)21-6-8-30-26(14-21)29(4,5)37/h6,8,10-12,14-15,20,24-25,37H,7,9,13,16-17H2,1-5H3,(H2,31,32,33)/t20-,24-,25?/m1/s1. The minimum atomic E-state index is -1.08. The van der Waals surface area contributed by atoms with E-state index in [1.807, 2.05) is 4.90 Å². The van der Waals surface area contributed by atoms with Crippen LogP contribution in [-0.2, 0) is 5.60 Å². The predicted octanol–water partition coefficient (Wildman–Crippen LogP) is 3.56. The van der Waals surface area contributed by atoms with E-state index in [0.29, 0.717) is 23.8 Å². The molecule has 0 radical (unpaired) electrons. The largest absolute Gasteiger partial charge is 0.384 e. The third-order valence-electron chi connectivity index (χ3n) is 7.64. The quantitative estimate of drug-likeness (QED) is 0.592. The molecule has 2 aromatic rings. The van der Waals surface area contributed by atoms with Crippen molar-refractivity contribution in [3.8, 4) is 0 Å². The van der Waals surface area contributed by atoms with E-state index in [1.54, 1.807) is 32.2 Å². The van der Waals surface area contributed by atoms with Crippen molar-refractivity contribution in [2.24, 2.45) is 4.99 Å². The van der Waals surface area contributed by atoms with Crippen molar-refractivity contribution >= 4 is 17.6 Å². The molecular weight excluding hydrogens is 464 g/mol. The first-order valence-electron chi connectivity index (χ1n) is 13.2. The molecule has 0 aliphatic carbocycles. The lowest BCUT2D eigenvalue weighted by molar-refractivity contribution is 0.0504. The Morgan fingerprint density at radius 3 is 2.65 bits per heavy atom. The fourth-order valence-corrected chi connectivity index (χ4v) is 5.74. The van der Waals surface area contributed by atoms with Gasteiger partial charge in [0.15, 0.2) is 0 Å². The summed E-state index contributed by atoms with van der Waals surface area (Å²) >= 11 is 0. The number of guanidine groups is 1. The number of aliphatic hydroxyl groups is 1. The average Bonchev–Trinajstić information content (AvgIpc) is 3.26. The number of hydrogen-bond acceptors (Lipinski definition) is 7. The van der Waals surface area contributed by atoms with Crippen LogP contribution in [0.3, 0.4) is 0 Å². The van der Waals surface area contributed by atoms with Crippen molar-refractivity contribution in [3.05, 3.63) is 70.7 Å². The van der Waals surface area contributed by atoms with Gasteiger partial charge < -0.3 is 20.6 Å². The Morgan fingerprint density at radius 1 is 1.19 bits per heavy atom. The van der Waals surface area contributed by atoms with Gasteiger partial charge in [0.1, 0.15) is 5.60 Å². The van der Waals surface area contributed by atoms with E-state index in [9.17, 15) is 9.90 Å². The second-order valence-electron chi connectivity index (χ2n) is 11.3. The zero-order valence-corrected chi connectivity index (χ0v) is 22.5. The molecule has 3 aliphatic heterocycles. The van der Waals surface area contributed by atoms with Crippen molar-refractivity contribution in [1.29, 1.82) is 0 Å². The summed E-state index contributed by atoms with van der Waals surface area (Å²) in [7, 11) is 0. The summed E-state index contributed by atoms with van der Waals surface area (Å²) in [6.45, 7) is 12.2. The van der Waals surface area contributed by atoms with E-state index < -0.39 is 5.60 Å². The second kappa shape index (κ2) is 9.91. The first-order chi connectivity index (χ1) is 17.6. The van der Waals surface area contributed by atoms with Crippen LogP contribution in [0.5, 0.6) is 0 Å². The van der Waals surface area contributed by atoms with Gasteiger partial charge in [-0.25, -0.2) is 4.99 Å². The van der Waals surface area contributed by atoms with Gasteiger partial charge in [0.25, 0.3) is 5.91 Å². The summed E-state index contributed by atoms with van der Waals surface area (Å²) in [5.41, 5.74) is 4.82. The first kappa shape index (κ1) is 25.4. The summed E-state index contributed by atoms with van der Waals surface area (Å²) in [5.74, 6) is 0.796. The van der Waals surface area contributed by atoms with Crippen LogP contribution in [0.1, 0.15) is 60.8 Å². The number of rotatable bonds is 4. The maximum atomic E-state index is 13.3. The second-order valence-corrected chi connectivity index (χ2v) is 11.3. The van der Waals surface area contributed by atoms with Crippen LogP contribution in [0.4, 0.5) is 5.69 Å². The highest BCUT2D eigenvalue weighted by molar-refractivity contribution is 5.95. The lowest BCUT2D eigenvalue weighted by atomic mass is 9.95. The molecule has 5 rings (SSSR count). The van der Waals surface area contributed by atoms with E-state index in [-0.39, 0.29) is 18.0 Å². The molecule has 196 valence electrons. The fourth-order valence-electron chi connectivity index (χ4n) is 5.74. The van der Waals surface area contributed by atoms with E-state index in [2.05, 4.69) is 65.7 Å². The van der Waals surface area contributed by atoms with Crippen LogP contribution in [0, 0.1) is 13.8 Å². The third-order valence-corrected chi connectivity index (χ3v) is 7.64. The SMILES string of the molecule is Cc1cc(C)cc(NC2=NC3CN([C@@H]4CCN(C(=O)c5ccnc(C(C)(C)O)c5)[C@H](C)C4)CC3=CN2)c1. The van der Waals surface area contributed by atoms with Crippen molar-refractivity contribution < 1.29 is 9.90 Å². The zero-order chi connectivity index (χ0) is 26.3. The number of aryl methyl sites for hydroxylation is 2. The van der Waals surface area contributed by atoms with Crippen LogP contribution in [0.15, 0.2) is 53.3 Å². The number of aromatic nitrogens is 1. The number of carbonyl (C=O) groups excluding carboxylic acids is 1. The smallest absolute Gasteiger partial charge is 0.254 e. The van der Waals surface area contributed by atoms with Crippen LogP contribution < -0.4 is 10.6 Å². The molecule has 3 aliphatic rings. The lowest BCUT2D eigenvalue weighted by Crippen LogP contribution is -2.50. The normalized spacial score (nSPS) is 24.2. The molecule has 1 aromatic heterocycles. The number of amides is 1. The summed E-state index contributed by atoms with van der Waals surface area (Å²) in [6, 6.07) is 10.6. The highest BCUT2D eigenvalue weighted by atomic mass is 16.3. The molecule has 2 fully saturated rings. The Kier molecular flexibility index (Phi) is 6.81. The van der Waals surface area contributed by atoms with E-state index in [4.69, 9.17) is 4.99 Å². The predicted molar refractivity (Wildman–Crippen MR) is 147 cm³/mol. The van der Waals surface area contributed by atoms with Gasteiger partial charge in [0.2, 0.25) is 5.96 Å². The van der Waals surface area contributed by atoms with Crippen LogP contribution in [-0.4, -0.2) is 69.5 Å². The summed E-state index contributed by atoms with van der Waals surface area (Å²) in [5, 5.41) is 17.1. The maximum absolute atomic E-state index is 13.3. The molecule has 4 heterocycles. The topological polar surface area (TPSA) is 93.1 Å². The van der Waals surface area contributed by atoms with Gasteiger partial charge in [-0.05, 0) is 88.4 Å². The van der Waals surface area contributed by atoms with E-state index in [0.717, 1.165) is 37.6 Å². The number of benzene rings is 1. The van der Waals surface area contributed by atoms with Gasteiger partial charge >= 0.3 is 0 Å². The number of hydrogen-bond donors (Lipinski definition) is 3. The molecule has 0 saturated carbocycles. The monoisotopic (exact) mass is 502 g/mol. The molecule has 1 aromatic carbocycles. The van der Waals surface area contributed by atoms with Crippen LogP contribution >= 0.6 is 0 Å². The Hall–Kier alpha value is -3.23. The van der Waals surface area contributed by atoms with Gasteiger partial charge in [-0.15, -0.1) is 0 Å². The van der Waals surface area contributed by atoms with Gasteiger partial charge in [-0.3, -0.25) is 14.7 Å². The van der Waals surface area contributed by atoms with Crippen molar-refractivity contribution in [2.75, 3.05) is 25.0 Å². The van der Waals surface area contributed by atoms with Crippen LogP contribution in [0.2, 0.25) is 0 Å². The number of fused-ring (bicyclic) bond motifs is 1. The molecule has 1 unspecified atom stereocenters. The highest BCUT2D eigenvalue weighted by Gasteiger charge is 2.38. The lowest BCUT2D eigenvalue weighted by Gasteiger charge is -2.41. The fraction of sp³-hybridized carbons (Fsp3) is 0.483. The highest BCUT2D eigenvalue weighted by Crippen LogP contribution is 2.30. The minimum absolute atomic E-state index is 0.00699. The van der Waals surface area contributed by atoms with Crippen LogP contribution in [0.25, 0.3) is 0 Å². The Balaban J connectivity index is 1.20. The Bertz CT molecular complexity index is 1230. The Morgan fingerprint density at radius 2 is 1.95 bits per heavy atom. The first-order valence-corrected chi connectivity index (χ1v) is 13.2. The maximum Gasteiger partial charge on any atom is 0.254 e. The van der Waals surface area contributed by atoms with Gasteiger partial charge in [0, 0.05) is 55.4 Å². The average molecular weight is 503 g/mol. The molecule has 8 heteroatoms. The number of nitrogens with zero attached hydrogens (tertiary/aromatic N) is 4. The number of pyridine rings is 1. The van der Waals surface area contributed by atoms with Gasteiger partial charge in [0.05, 0.1) is 11.7 Å². The van der Waals surface area contributed by atoms with Crippen molar-refractivity contribution in [1.82, 2.24) is 20.1 Å². The number of aliphatic imine (C=N–C) groups is 1. The number of piperidine rings is 1. The number of nitrogens with one attached hydrogen (secondary N) is 2. The zero-order valence-electron chi connectivity index (χ0n) is 22.5. The molecule has 0 bridgehead atoms. The number of anilines is 1. The molecule has 0 spiro atoms. The number of carbonyl (C=O) groups is 1. The number of likely N-dealkylation sites (tertiary alicyclic amines) is 2. The molecule has 1 amide bonds. The van der Waals surface area contributed by atoms with Crippen molar-refractivity contribution in [3.63, 3.8) is 0 Å². The van der Waals surface area contributed by atoms with Gasteiger partial charge in [-0.1, -0.05) is 6.07 Å². The molecule has 37 heavy (non-hydrogen) atoms. The molecular formula is C29H38N6O2. The van der Waals surface area contributed by atoms with E-state index in [1.165, 1.54) is 16.7 Å². The molecule has 3 atom stereocenters. The molecule has 8 nitrogen and oxygen atoms in total.